The summed E-state index contributed by atoms with van der Waals surface area (Å²) in [5.74, 6) is -0.978. The van der Waals surface area contributed by atoms with Crippen LogP contribution in [0.4, 0.5) is 11.4 Å². The Balaban J connectivity index is 1.43. The number of nitrogens with zero attached hydrogens (tertiary/aromatic N) is 2. The number of fused-ring (bicyclic) bond motifs is 1. The lowest BCUT2D eigenvalue weighted by Crippen LogP contribution is -2.34. The Morgan fingerprint density at radius 2 is 1.97 bits per heavy atom. The predicted molar refractivity (Wildman–Crippen MR) is 119 cm³/mol. The van der Waals surface area contributed by atoms with E-state index >= 15 is 0 Å². The van der Waals surface area contributed by atoms with E-state index in [0.29, 0.717) is 41.5 Å². The van der Waals surface area contributed by atoms with Crippen LogP contribution >= 0.6 is 11.3 Å². The molecule has 0 saturated carbocycles. The number of rotatable bonds is 4. The molecule has 31 heavy (non-hydrogen) atoms. The Morgan fingerprint density at radius 1 is 1.16 bits per heavy atom. The third kappa shape index (κ3) is 4.51. The number of phenols is 2. The highest BCUT2D eigenvalue weighted by molar-refractivity contribution is 7.13. The van der Waals surface area contributed by atoms with Crippen LogP contribution in [0.15, 0.2) is 48.5 Å². The lowest BCUT2D eigenvalue weighted by atomic mass is 10.1. The number of amides is 2. The van der Waals surface area contributed by atoms with Crippen LogP contribution in [0.3, 0.4) is 0 Å². The van der Waals surface area contributed by atoms with Gasteiger partial charge in [0.1, 0.15) is 0 Å². The SMILES string of the molecule is Nc1ccccc1NC(=O)c1nc2c(s1)CN(C(=O)/C=C/c1ccc(O)c(O)c1)CC2. The molecule has 1 aliphatic rings. The van der Waals surface area contributed by atoms with E-state index in [2.05, 4.69) is 10.3 Å². The fraction of sp³-hybridized carbons (Fsp3) is 0.136. The molecular weight excluding hydrogens is 416 g/mol. The average molecular weight is 436 g/mol. The molecule has 0 spiro atoms. The summed E-state index contributed by atoms with van der Waals surface area (Å²) in [6, 6.07) is 11.3. The number of hydrogen-bond donors (Lipinski definition) is 4. The van der Waals surface area contributed by atoms with Crippen LogP contribution < -0.4 is 11.1 Å². The number of carbonyl (C=O) groups is 2. The number of nitrogens with two attached hydrogens (primary N) is 1. The monoisotopic (exact) mass is 436 g/mol. The molecule has 2 aromatic carbocycles. The first-order chi connectivity index (χ1) is 14.9. The van der Waals surface area contributed by atoms with Crippen LogP contribution in [0.25, 0.3) is 6.08 Å². The summed E-state index contributed by atoms with van der Waals surface area (Å²) in [6.45, 7) is 0.866. The number of aromatic nitrogens is 1. The summed E-state index contributed by atoms with van der Waals surface area (Å²) >= 11 is 1.26. The highest BCUT2D eigenvalue weighted by Crippen LogP contribution is 2.28. The van der Waals surface area contributed by atoms with Crippen molar-refractivity contribution in [2.75, 3.05) is 17.6 Å². The largest absolute Gasteiger partial charge is 0.504 e. The summed E-state index contributed by atoms with van der Waals surface area (Å²) in [7, 11) is 0. The number of nitrogens with one attached hydrogen (secondary N) is 1. The molecule has 0 unspecified atom stereocenters. The van der Waals surface area contributed by atoms with Gasteiger partial charge < -0.3 is 26.2 Å². The van der Waals surface area contributed by atoms with Gasteiger partial charge in [-0.3, -0.25) is 9.59 Å². The molecular formula is C22H20N4O4S. The molecule has 158 valence electrons. The fourth-order valence-electron chi connectivity index (χ4n) is 3.18. The zero-order valence-electron chi connectivity index (χ0n) is 16.4. The molecule has 1 aromatic heterocycles. The predicted octanol–water partition coefficient (Wildman–Crippen LogP) is 2.99. The first kappa shape index (κ1) is 20.4. The summed E-state index contributed by atoms with van der Waals surface area (Å²) in [5, 5.41) is 22.0. The molecule has 0 aliphatic carbocycles. The quantitative estimate of drug-likeness (QED) is 0.283. The summed E-state index contributed by atoms with van der Waals surface area (Å²) < 4.78 is 0. The standard InChI is InChI=1S/C22H20N4O4S/c23-14-3-1-2-4-15(14)24-21(30)22-25-16-9-10-26(12-19(16)31-22)20(29)8-6-13-5-7-17(27)18(28)11-13/h1-8,11,27-28H,9-10,12,23H2,(H,24,30)/b8-6+. The van der Waals surface area contributed by atoms with Crippen molar-refractivity contribution < 1.29 is 19.8 Å². The van der Waals surface area contributed by atoms with Crippen LogP contribution in [0.5, 0.6) is 11.5 Å². The minimum absolute atomic E-state index is 0.185. The van der Waals surface area contributed by atoms with Gasteiger partial charge in [0.05, 0.1) is 23.6 Å². The number of nitrogen functional groups attached to an aromatic ring is 1. The van der Waals surface area contributed by atoms with E-state index in [1.165, 1.54) is 29.5 Å². The third-order valence-corrected chi connectivity index (χ3v) is 5.95. The Bertz CT molecular complexity index is 1190. The molecule has 1 aliphatic heterocycles. The van der Waals surface area contributed by atoms with Crippen LogP contribution in [0, 0.1) is 0 Å². The van der Waals surface area contributed by atoms with Gasteiger partial charge >= 0.3 is 0 Å². The van der Waals surface area contributed by atoms with Crippen molar-refractivity contribution in [1.82, 2.24) is 9.88 Å². The zero-order chi connectivity index (χ0) is 22.0. The number of hydrogen-bond acceptors (Lipinski definition) is 7. The normalized spacial score (nSPS) is 13.2. The van der Waals surface area contributed by atoms with Crippen molar-refractivity contribution >= 4 is 40.6 Å². The van der Waals surface area contributed by atoms with E-state index in [4.69, 9.17) is 5.73 Å². The van der Waals surface area contributed by atoms with Gasteiger partial charge in [-0.15, -0.1) is 11.3 Å². The second kappa shape index (κ2) is 8.49. The number of aromatic hydroxyl groups is 2. The van der Waals surface area contributed by atoms with E-state index in [-0.39, 0.29) is 23.3 Å². The van der Waals surface area contributed by atoms with Gasteiger partial charge in [-0.25, -0.2) is 4.98 Å². The summed E-state index contributed by atoms with van der Waals surface area (Å²) in [5.41, 5.74) is 8.30. The molecule has 9 heteroatoms. The molecule has 0 radical (unpaired) electrons. The van der Waals surface area contributed by atoms with Gasteiger partial charge in [0.2, 0.25) is 5.91 Å². The van der Waals surface area contributed by atoms with Crippen molar-refractivity contribution in [2.45, 2.75) is 13.0 Å². The molecule has 0 bridgehead atoms. The smallest absolute Gasteiger partial charge is 0.284 e. The first-order valence-corrected chi connectivity index (χ1v) is 10.4. The lowest BCUT2D eigenvalue weighted by molar-refractivity contribution is -0.126. The molecule has 3 aromatic rings. The van der Waals surface area contributed by atoms with Gasteiger partial charge in [0, 0.05) is 23.9 Å². The fourth-order valence-corrected chi connectivity index (χ4v) is 4.20. The van der Waals surface area contributed by atoms with E-state index in [1.54, 1.807) is 41.3 Å². The number of carbonyl (C=O) groups excluding carboxylic acids is 2. The van der Waals surface area contributed by atoms with E-state index in [0.717, 1.165) is 10.6 Å². The third-order valence-electron chi connectivity index (χ3n) is 4.86. The van der Waals surface area contributed by atoms with Gasteiger partial charge in [0.15, 0.2) is 16.5 Å². The summed E-state index contributed by atoms with van der Waals surface area (Å²) in [6.07, 6.45) is 3.56. The van der Waals surface area contributed by atoms with Crippen LogP contribution in [-0.2, 0) is 17.8 Å². The lowest BCUT2D eigenvalue weighted by Gasteiger charge is -2.24. The molecule has 5 N–H and O–H groups in total. The molecule has 8 nitrogen and oxygen atoms in total. The highest BCUT2D eigenvalue weighted by Gasteiger charge is 2.25. The van der Waals surface area contributed by atoms with Crippen molar-refractivity contribution in [3.8, 4) is 11.5 Å². The topological polar surface area (TPSA) is 129 Å². The number of para-hydroxylation sites is 2. The number of anilines is 2. The molecule has 4 rings (SSSR count). The maximum absolute atomic E-state index is 12.6. The second-order valence-corrected chi connectivity index (χ2v) is 8.11. The maximum atomic E-state index is 12.6. The average Bonchev–Trinajstić information content (AvgIpc) is 3.19. The van der Waals surface area contributed by atoms with Crippen LogP contribution in [0.2, 0.25) is 0 Å². The van der Waals surface area contributed by atoms with Crippen molar-refractivity contribution in [1.29, 1.82) is 0 Å². The van der Waals surface area contributed by atoms with E-state index in [1.807, 2.05) is 0 Å². The van der Waals surface area contributed by atoms with Gasteiger partial charge in [-0.2, -0.15) is 0 Å². The number of thiazole rings is 1. The Hall–Kier alpha value is -3.85. The molecule has 0 fully saturated rings. The molecule has 2 amide bonds. The highest BCUT2D eigenvalue weighted by atomic mass is 32.1. The first-order valence-electron chi connectivity index (χ1n) is 9.54. The Morgan fingerprint density at radius 3 is 2.74 bits per heavy atom. The van der Waals surface area contributed by atoms with Crippen molar-refractivity contribution in [2.24, 2.45) is 0 Å². The minimum Gasteiger partial charge on any atom is -0.504 e. The number of benzene rings is 2. The molecule has 0 atom stereocenters. The Kier molecular flexibility index (Phi) is 5.59. The number of phenolic OH excluding ortho intramolecular Hbond substituents is 2. The minimum atomic E-state index is -0.331. The van der Waals surface area contributed by atoms with Gasteiger partial charge in [0.25, 0.3) is 5.91 Å². The zero-order valence-corrected chi connectivity index (χ0v) is 17.2. The molecule has 2 heterocycles. The van der Waals surface area contributed by atoms with Crippen LogP contribution in [-0.4, -0.2) is 38.5 Å². The van der Waals surface area contributed by atoms with Crippen molar-refractivity contribution in [3.63, 3.8) is 0 Å². The van der Waals surface area contributed by atoms with E-state index in [9.17, 15) is 19.8 Å². The Labute approximate surface area is 182 Å². The van der Waals surface area contributed by atoms with Crippen molar-refractivity contribution in [3.05, 3.63) is 69.7 Å². The van der Waals surface area contributed by atoms with E-state index < -0.39 is 0 Å². The van der Waals surface area contributed by atoms with Gasteiger partial charge in [-0.05, 0) is 35.9 Å². The van der Waals surface area contributed by atoms with Crippen LogP contribution in [0.1, 0.15) is 25.9 Å². The second-order valence-electron chi connectivity index (χ2n) is 7.02. The maximum Gasteiger partial charge on any atom is 0.284 e. The summed E-state index contributed by atoms with van der Waals surface area (Å²) in [4.78, 5) is 32.1. The molecule has 0 saturated heterocycles. The van der Waals surface area contributed by atoms with Gasteiger partial charge in [-0.1, -0.05) is 18.2 Å².